The van der Waals surface area contributed by atoms with E-state index in [0.717, 1.165) is 36.9 Å². The minimum atomic E-state index is -0.0459. The highest BCUT2D eigenvalue weighted by Crippen LogP contribution is 2.39. The normalized spacial score (nSPS) is 19.1. The Balaban J connectivity index is 1.31. The van der Waals surface area contributed by atoms with Crippen LogP contribution in [0.1, 0.15) is 47.9 Å². The summed E-state index contributed by atoms with van der Waals surface area (Å²) in [5.41, 5.74) is 0.602. The molecule has 2 fully saturated rings. The monoisotopic (exact) mass is 332 g/mol. The second-order valence-electron chi connectivity index (χ2n) is 6.33. The predicted octanol–water partition coefficient (Wildman–Crippen LogP) is 1.55. The molecule has 2 aromatic rings. The maximum absolute atomic E-state index is 12.2. The number of nitrogens with zero attached hydrogens (tertiary/aromatic N) is 5. The first-order valence-corrected chi connectivity index (χ1v) is 8.84. The number of aryl methyl sites for hydroxylation is 1. The lowest BCUT2D eigenvalue weighted by atomic mass is 10.1. The van der Waals surface area contributed by atoms with Crippen molar-refractivity contribution in [3.63, 3.8) is 0 Å². The van der Waals surface area contributed by atoms with Gasteiger partial charge in [-0.3, -0.25) is 4.79 Å². The van der Waals surface area contributed by atoms with E-state index in [1.54, 1.807) is 17.1 Å². The van der Waals surface area contributed by atoms with E-state index in [2.05, 4.69) is 24.6 Å². The Labute approximate surface area is 138 Å². The third-order valence-corrected chi connectivity index (χ3v) is 5.31. The average molecular weight is 332 g/mol. The Morgan fingerprint density at radius 2 is 2.09 bits per heavy atom. The lowest BCUT2D eigenvalue weighted by molar-refractivity contribution is 0.0923. The van der Waals surface area contributed by atoms with Crippen molar-refractivity contribution >= 4 is 22.6 Å². The van der Waals surface area contributed by atoms with Crippen molar-refractivity contribution in [2.45, 2.75) is 37.6 Å². The molecule has 1 saturated carbocycles. The van der Waals surface area contributed by atoms with Gasteiger partial charge in [-0.2, -0.15) is 4.37 Å². The number of anilines is 1. The molecule has 0 bridgehead atoms. The quantitative estimate of drug-likeness (QED) is 0.919. The van der Waals surface area contributed by atoms with Gasteiger partial charge in [-0.25, -0.2) is 9.97 Å². The summed E-state index contributed by atoms with van der Waals surface area (Å²) in [6.07, 6.45) is 7.58. The number of aromatic nitrogens is 4. The molecule has 0 radical (unpaired) electrons. The van der Waals surface area contributed by atoms with Gasteiger partial charge in [0.15, 0.2) is 0 Å². The Hall–Kier alpha value is -1.96. The molecule has 1 N–H and O–H groups in total. The number of carbonyl (C=O) groups is 1. The van der Waals surface area contributed by atoms with Gasteiger partial charge >= 0.3 is 0 Å². The number of piperidine rings is 1. The zero-order chi connectivity index (χ0) is 15.8. The molecule has 0 unspecified atom stereocenters. The SMILES string of the molecule is Cn1cncc1C(=O)NC1CCN(c2nc(C3CC3)ns2)CC1. The summed E-state index contributed by atoms with van der Waals surface area (Å²) in [6.45, 7) is 1.82. The van der Waals surface area contributed by atoms with Crippen molar-refractivity contribution in [1.82, 2.24) is 24.2 Å². The molecular weight excluding hydrogens is 312 g/mol. The zero-order valence-electron chi connectivity index (χ0n) is 13.1. The zero-order valence-corrected chi connectivity index (χ0v) is 13.9. The largest absolute Gasteiger partial charge is 0.348 e. The summed E-state index contributed by atoms with van der Waals surface area (Å²) in [6, 6.07) is 0.212. The minimum Gasteiger partial charge on any atom is -0.348 e. The first kappa shape index (κ1) is 14.6. The number of imidazole rings is 1. The van der Waals surface area contributed by atoms with E-state index in [1.165, 1.54) is 24.4 Å². The van der Waals surface area contributed by atoms with Gasteiger partial charge in [0.05, 0.1) is 12.5 Å². The highest BCUT2D eigenvalue weighted by molar-refractivity contribution is 7.09. The fourth-order valence-corrected chi connectivity index (χ4v) is 3.71. The summed E-state index contributed by atoms with van der Waals surface area (Å²) < 4.78 is 6.21. The van der Waals surface area contributed by atoms with Crippen LogP contribution in [-0.4, -0.2) is 43.9 Å². The number of rotatable bonds is 4. The fraction of sp³-hybridized carbons (Fsp3) is 0.600. The summed E-state index contributed by atoms with van der Waals surface area (Å²) in [7, 11) is 1.83. The predicted molar refractivity (Wildman–Crippen MR) is 87.8 cm³/mol. The van der Waals surface area contributed by atoms with Crippen LogP contribution in [0.2, 0.25) is 0 Å². The smallest absolute Gasteiger partial charge is 0.269 e. The standard InChI is InChI=1S/C15H20N6OS/c1-20-9-16-8-12(20)14(22)17-11-4-6-21(7-5-11)15-18-13(19-23-15)10-2-3-10/h8-11H,2-7H2,1H3,(H,17,22). The number of hydrogen-bond donors (Lipinski definition) is 1. The van der Waals surface area contributed by atoms with Crippen LogP contribution in [-0.2, 0) is 7.05 Å². The Morgan fingerprint density at radius 1 is 1.30 bits per heavy atom. The Bertz CT molecular complexity index is 698. The van der Waals surface area contributed by atoms with Gasteiger partial charge in [-0.1, -0.05) is 0 Å². The van der Waals surface area contributed by atoms with Crippen molar-refractivity contribution in [3.8, 4) is 0 Å². The Morgan fingerprint density at radius 3 is 2.74 bits per heavy atom. The molecule has 0 atom stereocenters. The topological polar surface area (TPSA) is 75.9 Å². The van der Waals surface area contributed by atoms with Crippen molar-refractivity contribution in [2.24, 2.45) is 7.05 Å². The molecule has 1 aliphatic heterocycles. The lowest BCUT2D eigenvalue weighted by Gasteiger charge is -2.31. The van der Waals surface area contributed by atoms with Gasteiger partial charge in [-0.05, 0) is 25.7 Å². The van der Waals surface area contributed by atoms with E-state index in [4.69, 9.17) is 0 Å². The van der Waals surface area contributed by atoms with Crippen LogP contribution in [0.4, 0.5) is 5.13 Å². The van der Waals surface area contributed by atoms with E-state index < -0.39 is 0 Å². The molecule has 7 nitrogen and oxygen atoms in total. The molecule has 1 amide bonds. The van der Waals surface area contributed by atoms with Gasteiger partial charge < -0.3 is 14.8 Å². The molecule has 4 rings (SSSR count). The van der Waals surface area contributed by atoms with Crippen LogP contribution >= 0.6 is 11.5 Å². The number of nitrogens with one attached hydrogen (secondary N) is 1. The number of carbonyl (C=O) groups excluding carboxylic acids is 1. The highest BCUT2D eigenvalue weighted by Gasteiger charge is 2.29. The van der Waals surface area contributed by atoms with Crippen LogP contribution in [0.5, 0.6) is 0 Å². The van der Waals surface area contributed by atoms with Gasteiger partial charge in [0.1, 0.15) is 11.5 Å². The van der Waals surface area contributed by atoms with Gasteiger partial charge in [-0.15, -0.1) is 0 Å². The summed E-state index contributed by atoms with van der Waals surface area (Å²) in [5.74, 6) is 1.59. The minimum absolute atomic E-state index is 0.0459. The van der Waals surface area contributed by atoms with Crippen LogP contribution in [0.25, 0.3) is 0 Å². The van der Waals surface area contributed by atoms with E-state index in [9.17, 15) is 4.79 Å². The molecule has 1 aliphatic carbocycles. The van der Waals surface area contributed by atoms with Gasteiger partial charge in [0.2, 0.25) is 5.13 Å². The maximum atomic E-state index is 12.2. The van der Waals surface area contributed by atoms with E-state index in [-0.39, 0.29) is 11.9 Å². The van der Waals surface area contributed by atoms with Crippen molar-refractivity contribution < 1.29 is 4.79 Å². The number of hydrogen-bond acceptors (Lipinski definition) is 6. The van der Waals surface area contributed by atoms with Crippen LogP contribution in [0, 0.1) is 0 Å². The van der Waals surface area contributed by atoms with Crippen molar-refractivity contribution in [1.29, 1.82) is 0 Å². The van der Waals surface area contributed by atoms with Gasteiger partial charge in [0, 0.05) is 43.6 Å². The number of amides is 1. The molecule has 2 aliphatic rings. The molecule has 0 spiro atoms. The summed E-state index contributed by atoms with van der Waals surface area (Å²) in [4.78, 5) is 23.2. The molecular formula is C15H20N6OS. The second kappa shape index (κ2) is 5.92. The molecule has 3 heterocycles. The first-order valence-electron chi connectivity index (χ1n) is 8.06. The summed E-state index contributed by atoms with van der Waals surface area (Å²) in [5, 5.41) is 4.14. The van der Waals surface area contributed by atoms with E-state index in [1.807, 2.05) is 7.05 Å². The van der Waals surface area contributed by atoms with E-state index >= 15 is 0 Å². The van der Waals surface area contributed by atoms with Crippen LogP contribution in [0.3, 0.4) is 0 Å². The second-order valence-corrected chi connectivity index (χ2v) is 7.06. The van der Waals surface area contributed by atoms with Gasteiger partial charge in [0.25, 0.3) is 5.91 Å². The lowest BCUT2D eigenvalue weighted by Crippen LogP contribution is -2.45. The molecule has 2 aromatic heterocycles. The molecule has 122 valence electrons. The van der Waals surface area contributed by atoms with Crippen molar-refractivity contribution in [3.05, 3.63) is 24.0 Å². The third kappa shape index (κ3) is 3.08. The fourth-order valence-electron chi connectivity index (χ4n) is 2.91. The highest BCUT2D eigenvalue weighted by atomic mass is 32.1. The first-order chi connectivity index (χ1) is 11.2. The van der Waals surface area contributed by atoms with Crippen LogP contribution in [0.15, 0.2) is 12.5 Å². The van der Waals surface area contributed by atoms with Crippen LogP contribution < -0.4 is 10.2 Å². The molecule has 1 saturated heterocycles. The summed E-state index contributed by atoms with van der Waals surface area (Å²) >= 11 is 1.51. The van der Waals surface area contributed by atoms with E-state index in [0.29, 0.717) is 11.6 Å². The molecule has 23 heavy (non-hydrogen) atoms. The van der Waals surface area contributed by atoms with Crippen molar-refractivity contribution in [2.75, 3.05) is 18.0 Å². The maximum Gasteiger partial charge on any atom is 0.269 e. The Kier molecular flexibility index (Phi) is 3.76. The average Bonchev–Trinajstić information content (AvgIpc) is 3.12. The molecule has 0 aromatic carbocycles. The third-order valence-electron chi connectivity index (χ3n) is 4.52. The molecule has 8 heteroatoms.